The van der Waals surface area contributed by atoms with E-state index in [4.69, 9.17) is 0 Å². The Kier molecular flexibility index (Phi) is 7.02. The average Bonchev–Trinajstić information content (AvgIpc) is 3.05. The van der Waals surface area contributed by atoms with Crippen LogP contribution in [0.15, 0.2) is 54.6 Å². The second kappa shape index (κ2) is 9.09. The van der Waals surface area contributed by atoms with Gasteiger partial charge in [-0.25, -0.2) is 9.18 Å². The molecule has 204 valence electrons. The van der Waals surface area contributed by atoms with Crippen LogP contribution in [-0.2, 0) is 5.54 Å². The van der Waals surface area contributed by atoms with Gasteiger partial charge < -0.3 is 10.2 Å². The van der Waals surface area contributed by atoms with E-state index in [1.165, 1.54) is 44.2 Å². The predicted molar refractivity (Wildman–Crippen MR) is 114 cm³/mol. The fourth-order valence-corrected chi connectivity index (χ4v) is 4.67. The molecule has 3 rings (SSSR count). The molecule has 0 aromatic heterocycles. The molecule has 2 aromatic carbocycles. The van der Waals surface area contributed by atoms with Crippen molar-refractivity contribution in [2.75, 3.05) is 11.9 Å². The van der Waals surface area contributed by atoms with Crippen molar-refractivity contribution in [3.8, 4) is 0 Å². The number of hydrogen-bond donors (Lipinski definition) is 1. The van der Waals surface area contributed by atoms with E-state index < -0.39 is 59.6 Å². The van der Waals surface area contributed by atoms with Crippen LogP contribution in [0, 0.1) is 11.2 Å². The Morgan fingerprint density at radius 1 is 0.865 bits per heavy atom. The zero-order valence-electron chi connectivity index (χ0n) is 19.5. The van der Waals surface area contributed by atoms with E-state index in [0.29, 0.717) is 0 Å². The van der Waals surface area contributed by atoms with E-state index >= 15 is 8.78 Å². The normalized spacial score (nSPS) is 20.7. The zero-order valence-corrected chi connectivity index (χ0v) is 19.5. The summed E-state index contributed by atoms with van der Waals surface area (Å²) in [6.07, 6.45) is -9.67. The van der Waals surface area contributed by atoms with Crippen molar-refractivity contribution in [3.63, 3.8) is 0 Å². The highest BCUT2D eigenvalue weighted by atomic mass is 19.4. The van der Waals surface area contributed by atoms with Crippen LogP contribution in [0.4, 0.5) is 54.4 Å². The largest absolute Gasteiger partial charge is 0.460 e. The Morgan fingerprint density at radius 2 is 1.41 bits per heavy atom. The molecule has 0 bridgehead atoms. The fourth-order valence-electron chi connectivity index (χ4n) is 4.67. The van der Waals surface area contributed by atoms with Crippen LogP contribution < -0.4 is 5.32 Å². The number of nitrogens with one attached hydrogen (secondary N) is 1. The molecule has 1 aliphatic heterocycles. The molecule has 1 unspecified atom stereocenters. The lowest BCUT2D eigenvalue weighted by Crippen LogP contribution is -2.63. The summed E-state index contributed by atoms with van der Waals surface area (Å²) in [6, 6.07) is 9.54. The zero-order chi connectivity index (χ0) is 28.1. The van der Waals surface area contributed by atoms with Crippen molar-refractivity contribution >= 4 is 11.7 Å². The molecule has 1 N–H and O–H groups in total. The molecule has 2 aromatic rings. The summed E-state index contributed by atoms with van der Waals surface area (Å²) < 4.78 is 137. The van der Waals surface area contributed by atoms with E-state index in [-0.39, 0.29) is 17.8 Å². The molecule has 0 saturated carbocycles. The molecule has 1 fully saturated rings. The second-order valence-electron chi connectivity index (χ2n) is 9.79. The molecule has 1 aliphatic rings. The molecule has 1 saturated heterocycles. The van der Waals surface area contributed by atoms with E-state index in [9.17, 15) is 39.9 Å². The van der Waals surface area contributed by atoms with Gasteiger partial charge in [0, 0.05) is 18.7 Å². The molecule has 0 radical (unpaired) electrons. The molecule has 0 spiro atoms. The summed E-state index contributed by atoms with van der Waals surface area (Å²) >= 11 is 0. The first-order valence-electron chi connectivity index (χ1n) is 10.9. The summed E-state index contributed by atoms with van der Waals surface area (Å²) in [5.41, 5.74) is -3.63. The third-order valence-electron chi connectivity index (χ3n) is 6.25. The van der Waals surface area contributed by atoms with E-state index in [2.05, 4.69) is 5.32 Å². The van der Waals surface area contributed by atoms with Gasteiger partial charge in [-0.1, -0.05) is 44.2 Å². The third kappa shape index (κ3) is 5.08. The molecule has 1 heterocycles. The molecule has 1 atom stereocenters. The number of likely N-dealkylation sites (tertiary alicyclic amines) is 1. The number of carbonyl (C=O) groups excluding carboxylic acids is 1. The number of hydrogen-bond acceptors (Lipinski definition) is 1. The van der Waals surface area contributed by atoms with Gasteiger partial charge in [0.1, 0.15) is 5.82 Å². The number of alkyl halides is 9. The summed E-state index contributed by atoms with van der Waals surface area (Å²) in [5, 5.41) is 2.31. The highest BCUT2D eigenvalue weighted by molar-refractivity contribution is 5.90. The van der Waals surface area contributed by atoms with Crippen molar-refractivity contribution in [2.24, 2.45) is 5.41 Å². The van der Waals surface area contributed by atoms with Gasteiger partial charge in [-0.2, -0.15) is 39.5 Å². The first-order chi connectivity index (χ1) is 16.8. The van der Waals surface area contributed by atoms with Crippen LogP contribution in [0.5, 0.6) is 0 Å². The van der Waals surface area contributed by atoms with Crippen LogP contribution in [-0.4, -0.2) is 41.4 Å². The average molecular weight is 544 g/mol. The topological polar surface area (TPSA) is 32.3 Å². The lowest BCUT2D eigenvalue weighted by atomic mass is 9.75. The minimum atomic E-state index is -7.06. The molecule has 37 heavy (non-hydrogen) atoms. The monoisotopic (exact) mass is 544 g/mol. The number of urea groups is 1. The molecule has 2 amide bonds. The minimum Gasteiger partial charge on any atom is -0.314 e. The smallest absolute Gasteiger partial charge is 0.314 e. The van der Waals surface area contributed by atoms with Crippen molar-refractivity contribution in [2.45, 2.75) is 56.2 Å². The molecule has 3 nitrogen and oxygen atoms in total. The number of amides is 2. The third-order valence-corrected chi connectivity index (χ3v) is 6.25. The van der Waals surface area contributed by atoms with Crippen LogP contribution in [0.3, 0.4) is 0 Å². The fraction of sp³-hybridized carbons (Fsp3) is 0.458. The first kappa shape index (κ1) is 28.6. The van der Waals surface area contributed by atoms with Crippen molar-refractivity contribution < 1.29 is 48.7 Å². The Bertz CT molecular complexity index is 1120. The van der Waals surface area contributed by atoms with Crippen molar-refractivity contribution in [3.05, 3.63) is 66.0 Å². The van der Waals surface area contributed by atoms with Gasteiger partial charge in [0.15, 0.2) is 0 Å². The van der Waals surface area contributed by atoms with Crippen LogP contribution in [0.1, 0.15) is 32.3 Å². The number of halogens is 10. The van der Waals surface area contributed by atoms with Crippen molar-refractivity contribution in [1.82, 2.24) is 4.90 Å². The van der Waals surface area contributed by atoms with E-state index in [1.807, 2.05) is 0 Å². The number of anilines is 1. The Balaban J connectivity index is 2.13. The highest BCUT2D eigenvalue weighted by Crippen LogP contribution is 2.59. The van der Waals surface area contributed by atoms with E-state index in [0.717, 1.165) is 29.2 Å². The minimum absolute atomic E-state index is 0.00115. The van der Waals surface area contributed by atoms with Crippen molar-refractivity contribution in [1.29, 1.82) is 0 Å². The molecular weight excluding hydrogens is 522 g/mol. The summed E-state index contributed by atoms with van der Waals surface area (Å²) in [4.78, 5) is 14.0. The maximum absolute atomic E-state index is 15.0. The Labute approximate surface area is 205 Å². The molecule has 0 aliphatic carbocycles. The predicted octanol–water partition coefficient (Wildman–Crippen LogP) is 7.84. The van der Waals surface area contributed by atoms with E-state index in [1.54, 1.807) is 0 Å². The number of benzene rings is 2. The van der Waals surface area contributed by atoms with Crippen LogP contribution >= 0.6 is 0 Å². The molecule has 13 heteroatoms. The van der Waals surface area contributed by atoms with Gasteiger partial charge in [-0.3, -0.25) is 0 Å². The SMILES string of the molecule is CC1(C)CN(C(=O)Nc2ccc(F)cc2)C(CC(F)(F)C(F)(F)C(F)(F)C(F)(F)F)(c2ccccc2)C1. The quantitative estimate of drug-likeness (QED) is 0.369. The van der Waals surface area contributed by atoms with Gasteiger partial charge in [0.2, 0.25) is 0 Å². The van der Waals surface area contributed by atoms with Crippen LogP contribution in [0.25, 0.3) is 0 Å². The Hall–Kier alpha value is -2.99. The van der Waals surface area contributed by atoms with Gasteiger partial charge in [0.05, 0.1) is 5.54 Å². The number of nitrogens with zero attached hydrogens (tertiary/aromatic N) is 1. The highest BCUT2D eigenvalue weighted by Gasteiger charge is 2.82. The Morgan fingerprint density at radius 3 is 1.92 bits per heavy atom. The lowest BCUT2D eigenvalue weighted by molar-refractivity contribution is -0.399. The number of rotatable bonds is 6. The first-order valence-corrected chi connectivity index (χ1v) is 10.9. The summed E-state index contributed by atoms with van der Waals surface area (Å²) in [5.74, 6) is -20.5. The lowest BCUT2D eigenvalue weighted by Gasteiger charge is -2.43. The standard InChI is InChI=1S/C24H22F10N2O/c1-19(2)12-20(15-6-4-3-5-7-15,13-21(26,27)22(28,29)23(30,31)24(32,33)34)36(14-19)18(37)35-17-10-8-16(25)9-11-17/h3-11H,12-14H2,1-2H3,(H,35,37). The van der Waals surface area contributed by atoms with Crippen LogP contribution in [0.2, 0.25) is 0 Å². The summed E-state index contributed by atoms with van der Waals surface area (Å²) in [6.45, 7) is 2.65. The summed E-state index contributed by atoms with van der Waals surface area (Å²) in [7, 11) is 0. The maximum atomic E-state index is 15.0. The second-order valence-corrected chi connectivity index (χ2v) is 9.79. The van der Waals surface area contributed by atoms with Gasteiger partial charge in [0.25, 0.3) is 0 Å². The molecular formula is C24H22F10N2O. The van der Waals surface area contributed by atoms with Gasteiger partial charge in [-0.15, -0.1) is 0 Å². The number of carbonyl (C=O) groups is 1. The van der Waals surface area contributed by atoms with Gasteiger partial charge >= 0.3 is 30.0 Å². The maximum Gasteiger partial charge on any atom is 0.460 e. The van der Waals surface area contributed by atoms with Gasteiger partial charge in [-0.05, 0) is 41.7 Å².